The van der Waals surface area contributed by atoms with Crippen molar-refractivity contribution in [2.75, 3.05) is 11.9 Å². The van der Waals surface area contributed by atoms with Crippen molar-refractivity contribution in [2.45, 2.75) is 63.6 Å². The van der Waals surface area contributed by atoms with Crippen LogP contribution in [0, 0.1) is 0 Å². The lowest BCUT2D eigenvalue weighted by atomic mass is 9.79. The van der Waals surface area contributed by atoms with E-state index >= 15 is 0 Å². The largest absolute Gasteiger partial charge is 0.445 e. The van der Waals surface area contributed by atoms with Gasteiger partial charge in [0.25, 0.3) is 5.91 Å². The molecule has 1 aliphatic carbocycles. The summed E-state index contributed by atoms with van der Waals surface area (Å²) in [6.07, 6.45) is 3.15. The molecule has 0 aliphatic heterocycles. The second kappa shape index (κ2) is 10.5. The zero-order valence-corrected chi connectivity index (χ0v) is 19.6. The van der Waals surface area contributed by atoms with Crippen molar-refractivity contribution in [3.05, 3.63) is 66.2 Å². The van der Waals surface area contributed by atoms with Crippen molar-refractivity contribution >= 4 is 23.6 Å². The molecule has 7 heteroatoms. The number of likely N-dealkylation sites (N-methyl/N-ethyl adjacent to an activating group) is 1. The van der Waals surface area contributed by atoms with Crippen LogP contribution >= 0.6 is 0 Å². The molecule has 2 N–H and O–H groups in total. The maximum absolute atomic E-state index is 13.6. The Morgan fingerprint density at radius 1 is 0.939 bits per heavy atom. The summed E-state index contributed by atoms with van der Waals surface area (Å²) in [6, 6.07) is 18.7. The van der Waals surface area contributed by atoms with Crippen LogP contribution in [0.15, 0.2) is 60.7 Å². The number of ether oxygens (including phenoxy) is 1. The number of benzene rings is 2. The van der Waals surface area contributed by atoms with E-state index in [1.165, 1.54) is 0 Å². The number of alkyl carbamates (subject to hydrolysis) is 1. The van der Waals surface area contributed by atoms with E-state index in [1.807, 2.05) is 60.7 Å². The number of nitrogens with one attached hydrogen (secondary N) is 2. The zero-order chi connectivity index (χ0) is 23.9. The first kappa shape index (κ1) is 24.3. The first-order chi connectivity index (χ1) is 15.7. The lowest BCUT2D eigenvalue weighted by molar-refractivity contribution is -0.135. The average molecular weight is 452 g/mol. The maximum atomic E-state index is 13.6. The van der Waals surface area contributed by atoms with Crippen LogP contribution in [-0.2, 0) is 20.9 Å². The molecule has 0 saturated heterocycles. The van der Waals surface area contributed by atoms with Crippen molar-refractivity contribution in [2.24, 2.45) is 0 Å². The third kappa shape index (κ3) is 6.12. The SMILES string of the molecule is CN(C(=O)C1(NC(=O)C(C)(C)NC(=O)OCc2ccccc2)CCCCC1)c1ccccc1. The molecule has 3 amide bonds. The molecule has 0 spiro atoms. The summed E-state index contributed by atoms with van der Waals surface area (Å²) < 4.78 is 5.27. The van der Waals surface area contributed by atoms with E-state index in [2.05, 4.69) is 10.6 Å². The summed E-state index contributed by atoms with van der Waals surface area (Å²) in [5.74, 6) is -0.569. The maximum Gasteiger partial charge on any atom is 0.408 e. The molecule has 0 atom stereocenters. The number of amides is 3. The fourth-order valence-electron chi connectivity index (χ4n) is 4.08. The topological polar surface area (TPSA) is 87.7 Å². The Balaban J connectivity index is 1.68. The molecule has 2 aromatic rings. The smallest absolute Gasteiger partial charge is 0.408 e. The molecule has 7 nitrogen and oxygen atoms in total. The van der Waals surface area contributed by atoms with E-state index in [1.54, 1.807) is 25.8 Å². The van der Waals surface area contributed by atoms with Crippen LogP contribution in [0.2, 0.25) is 0 Å². The Labute approximate surface area is 195 Å². The summed E-state index contributed by atoms with van der Waals surface area (Å²) in [4.78, 5) is 40.8. The summed E-state index contributed by atoms with van der Waals surface area (Å²) >= 11 is 0. The summed E-state index contributed by atoms with van der Waals surface area (Å²) in [7, 11) is 1.73. The lowest BCUT2D eigenvalue weighted by Gasteiger charge is -2.41. The van der Waals surface area contributed by atoms with Crippen LogP contribution in [-0.4, -0.2) is 36.0 Å². The van der Waals surface area contributed by atoms with Crippen LogP contribution in [0.3, 0.4) is 0 Å². The monoisotopic (exact) mass is 451 g/mol. The molecule has 0 unspecified atom stereocenters. The number of carbonyl (C=O) groups is 3. The number of nitrogens with zero attached hydrogens (tertiary/aromatic N) is 1. The minimum atomic E-state index is -1.26. The van der Waals surface area contributed by atoms with Crippen molar-refractivity contribution in [1.29, 1.82) is 0 Å². The number of hydrogen-bond donors (Lipinski definition) is 2. The molecule has 2 aromatic carbocycles. The van der Waals surface area contributed by atoms with Gasteiger partial charge in [-0.05, 0) is 44.4 Å². The Kier molecular flexibility index (Phi) is 7.74. The normalized spacial score (nSPS) is 15.2. The number of para-hydroxylation sites is 1. The van der Waals surface area contributed by atoms with Gasteiger partial charge in [0.05, 0.1) is 0 Å². The van der Waals surface area contributed by atoms with E-state index < -0.39 is 23.1 Å². The van der Waals surface area contributed by atoms with E-state index in [-0.39, 0.29) is 12.5 Å². The van der Waals surface area contributed by atoms with Crippen LogP contribution in [0.5, 0.6) is 0 Å². The van der Waals surface area contributed by atoms with Crippen LogP contribution in [0.25, 0.3) is 0 Å². The molecule has 1 fully saturated rings. The predicted octanol–water partition coefficient (Wildman–Crippen LogP) is 4.17. The average Bonchev–Trinajstić information content (AvgIpc) is 2.83. The van der Waals surface area contributed by atoms with E-state index in [4.69, 9.17) is 4.74 Å². The second-order valence-electron chi connectivity index (χ2n) is 9.11. The molecule has 0 radical (unpaired) electrons. The van der Waals surface area contributed by atoms with Gasteiger partial charge in [-0.25, -0.2) is 4.79 Å². The third-order valence-electron chi connectivity index (χ3n) is 6.11. The molecule has 0 heterocycles. The van der Waals surface area contributed by atoms with Gasteiger partial charge >= 0.3 is 6.09 Å². The molecule has 3 rings (SSSR count). The van der Waals surface area contributed by atoms with Crippen LogP contribution in [0.4, 0.5) is 10.5 Å². The van der Waals surface area contributed by atoms with Gasteiger partial charge in [-0.1, -0.05) is 67.8 Å². The van der Waals surface area contributed by atoms with Crippen molar-refractivity contribution in [1.82, 2.24) is 10.6 Å². The third-order valence-corrected chi connectivity index (χ3v) is 6.11. The highest BCUT2D eigenvalue weighted by Crippen LogP contribution is 2.32. The van der Waals surface area contributed by atoms with Crippen LogP contribution in [0.1, 0.15) is 51.5 Å². The summed E-state index contributed by atoms with van der Waals surface area (Å²) in [5.41, 5.74) is -0.648. The number of rotatable bonds is 7. The van der Waals surface area contributed by atoms with Gasteiger partial charge < -0.3 is 20.3 Å². The Hall–Kier alpha value is -3.35. The Morgan fingerprint density at radius 2 is 1.52 bits per heavy atom. The highest BCUT2D eigenvalue weighted by molar-refractivity contribution is 6.03. The first-order valence-electron chi connectivity index (χ1n) is 11.4. The van der Waals surface area contributed by atoms with Crippen molar-refractivity contribution in [3.63, 3.8) is 0 Å². The van der Waals surface area contributed by atoms with Gasteiger partial charge in [-0.3, -0.25) is 9.59 Å². The van der Waals surface area contributed by atoms with Gasteiger partial charge in [-0.2, -0.15) is 0 Å². The van der Waals surface area contributed by atoms with Crippen molar-refractivity contribution < 1.29 is 19.1 Å². The number of hydrogen-bond acceptors (Lipinski definition) is 4. The lowest BCUT2D eigenvalue weighted by Crippen LogP contribution is -2.65. The Bertz CT molecular complexity index is 954. The molecule has 33 heavy (non-hydrogen) atoms. The first-order valence-corrected chi connectivity index (χ1v) is 11.4. The predicted molar refractivity (Wildman–Crippen MR) is 128 cm³/mol. The Morgan fingerprint density at radius 3 is 2.12 bits per heavy atom. The highest BCUT2D eigenvalue weighted by Gasteiger charge is 2.45. The summed E-state index contributed by atoms with van der Waals surface area (Å²) in [5, 5.41) is 5.64. The molecule has 1 aliphatic rings. The molecule has 0 bridgehead atoms. The quantitative estimate of drug-likeness (QED) is 0.661. The standard InChI is InChI=1S/C26H33N3O4/c1-25(2,28-24(32)33-19-20-13-7-4-8-14-20)22(30)27-26(17-11-6-12-18-26)23(31)29(3)21-15-9-5-10-16-21/h4-5,7-10,13-16H,6,11-12,17-19H2,1-3H3,(H,27,30)(H,28,32). The van der Waals surface area contributed by atoms with Gasteiger partial charge in [0.1, 0.15) is 17.7 Å². The van der Waals surface area contributed by atoms with E-state index in [0.717, 1.165) is 30.5 Å². The fourth-order valence-corrected chi connectivity index (χ4v) is 4.08. The minimum absolute atomic E-state index is 0.106. The van der Waals surface area contributed by atoms with Gasteiger partial charge in [-0.15, -0.1) is 0 Å². The van der Waals surface area contributed by atoms with E-state index in [0.29, 0.717) is 12.8 Å². The fraction of sp³-hybridized carbons (Fsp3) is 0.423. The number of anilines is 1. The molecule has 0 aromatic heterocycles. The van der Waals surface area contributed by atoms with Gasteiger partial charge in [0, 0.05) is 12.7 Å². The zero-order valence-electron chi connectivity index (χ0n) is 19.6. The van der Waals surface area contributed by atoms with Gasteiger partial charge in [0.15, 0.2) is 0 Å². The molecule has 176 valence electrons. The van der Waals surface area contributed by atoms with E-state index in [9.17, 15) is 14.4 Å². The summed E-state index contributed by atoms with van der Waals surface area (Å²) in [6.45, 7) is 3.32. The number of carbonyl (C=O) groups excluding carboxylic acids is 3. The van der Waals surface area contributed by atoms with Crippen LogP contribution < -0.4 is 15.5 Å². The molecular formula is C26H33N3O4. The highest BCUT2D eigenvalue weighted by atomic mass is 16.5. The minimum Gasteiger partial charge on any atom is -0.445 e. The van der Waals surface area contributed by atoms with Crippen molar-refractivity contribution in [3.8, 4) is 0 Å². The van der Waals surface area contributed by atoms with Gasteiger partial charge in [0.2, 0.25) is 5.91 Å². The second-order valence-corrected chi connectivity index (χ2v) is 9.11. The molecule has 1 saturated carbocycles. The molecular weight excluding hydrogens is 418 g/mol.